The second-order valence-electron chi connectivity index (χ2n) is 15.8. The molecule has 4 amide bonds. The van der Waals surface area contributed by atoms with Gasteiger partial charge in [-0.25, -0.2) is 23.9 Å². The number of alkyl carbamates (subject to hydrolysis) is 2. The van der Waals surface area contributed by atoms with Crippen LogP contribution >= 0.6 is 0 Å². The van der Waals surface area contributed by atoms with Gasteiger partial charge in [0.2, 0.25) is 11.8 Å². The Balaban J connectivity index is 1.11. The number of rotatable bonds is 11. The molecular weight excluding hydrogens is 744 g/mol. The summed E-state index contributed by atoms with van der Waals surface area (Å²) in [6.07, 6.45) is 1.79. The highest BCUT2D eigenvalue weighted by Crippen LogP contribution is 2.37. The number of nitrogens with zero attached hydrogens (tertiary/aromatic N) is 4. The van der Waals surface area contributed by atoms with Gasteiger partial charge in [-0.05, 0) is 95.7 Å². The normalized spacial score (nSPS) is 17.9. The maximum absolute atomic E-state index is 14.8. The molecule has 58 heavy (non-hydrogen) atoms. The molecule has 15 heteroatoms. The van der Waals surface area contributed by atoms with Crippen molar-refractivity contribution in [2.75, 3.05) is 27.3 Å². The first kappa shape index (κ1) is 40.2. The lowest BCUT2D eigenvalue weighted by atomic mass is 9.95. The van der Waals surface area contributed by atoms with Crippen molar-refractivity contribution < 1.29 is 33.0 Å². The fraction of sp³-hybridized carbons (Fsp3) is 0.442. The summed E-state index contributed by atoms with van der Waals surface area (Å²) in [4.78, 5) is 71.4. The number of carbonyl (C=O) groups excluding carboxylic acids is 4. The van der Waals surface area contributed by atoms with Gasteiger partial charge in [-0.15, -0.1) is 0 Å². The van der Waals surface area contributed by atoms with Crippen LogP contribution < -0.4 is 10.6 Å². The lowest BCUT2D eigenvalue weighted by Gasteiger charge is -2.29. The minimum absolute atomic E-state index is 0.137. The molecular formula is C43H51FN8O6. The molecule has 2 fully saturated rings. The number of halogens is 1. The number of hydrogen-bond donors (Lipinski definition) is 4. The van der Waals surface area contributed by atoms with E-state index in [9.17, 15) is 23.6 Å². The zero-order chi connectivity index (χ0) is 41.2. The molecule has 2 aliphatic rings. The van der Waals surface area contributed by atoms with Gasteiger partial charge in [-0.3, -0.25) is 9.59 Å². The molecule has 3 aromatic carbocycles. The van der Waals surface area contributed by atoms with E-state index in [0.29, 0.717) is 30.3 Å². The lowest BCUT2D eigenvalue weighted by molar-refractivity contribution is -0.136. The van der Waals surface area contributed by atoms with Crippen molar-refractivity contribution in [2.24, 2.45) is 11.8 Å². The van der Waals surface area contributed by atoms with Gasteiger partial charge in [-0.2, -0.15) is 0 Å². The van der Waals surface area contributed by atoms with Crippen LogP contribution in [-0.4, -0.2) is 93.1 Å². The van der Waals surface area contributed by atoms with Gasteiger partial charge in [0, 0.05) is 13.1 Å². The third-order valence-corrected chi connectivity index (χ3v) is 11.4. The Hall–Kier alpha value is -5.99. The number of aromatic amines is 2. The minimum Gasteiger partial charge on any atom is -0.453 e. The van der Waals surface area contributed by atoms with Crippen LogP contribution in [0.15, 0.2) is 54.6 Å². The van der Waals surface area contributed by atoms with Crippen LogP contribution in [0.2, 0.25) is 0 Å². The average molecular weight is 795 g/mol. The first-order chi connectivity index (χ1) is 27.9. The van der Waals surface area contributed by atoms with E-state index < -0.39 is 30.9 Å². The minimum atomic E-state index is -0.730. The number of imidazole rings is 2. The van der Waals surface area contributed by atoms with E-state index in [4.69, 9.17) is 19.4 Å². The maximum Gasteiger partial charge on any atom is 0.407 e. The highest BCUT2D eigenvalue weighted by molar-refractivity contribution is 5.89. The van der Waals surface area contributed by atoms with E-state index in [1.165, 1.54) is 14.2 Å². The number of benzene rings is 3. The Bertz CT molecular complexity index is 2340. The Morgan fingerprint density at radius 3 is 1.62 bits per heavy atom. The molecule has 2 saturated heterocycles. The molecule has 7 rings (SSSR count). The topological polar surface area (TPSA) is 175 Å². The van der Waals surface area contributed by atoms with Gasteiger partial charge >= 0.3 is 12.2 Å². The molecule has 0 unspecified atom stereocenters. The summed E-state index contributed by atoms with van der Waals surface area (Å²) in [5.74, 6) is 0.717. The smallest absolute Gasteiger partial charge is 0.407 e. The summed E-state index contributed by atoms with van der Waals surface area (Å²) < 4.78 is 24.3. The molecule has 0 saturated carbocycles. The molecule has 306 valence electrons. The molecule has 0 radical (unpaired) electrons. The van der Waals surface area contributed by atoms with Gasteiger partial charge in [-0.1, -0.05) is 52.0 Å². The third kappa shape index (κ3) is 7.94. The number of methoxy groups -OCH3 is 2. The van der Waals surface area contributed by atoms with Crippen molar-refractivity contribution in [3.05, 3.63) is 71.8 Å². The molecule has 0 aliphatic carbocycles. The quantitative estimate of drug-likeness (QED) is 0.108. The zero-order valence-corrected chi connectivity index (χ0v) is 33.7. The number of aromatic nitrogens is 4. The zero-order valence-electron chi connectivity index (χ0n) is 33.7. The number of nitrogens with one attached hydrogen (secondary N) is 4. The third-order valence-electron chi connectivity index (χ3n) is 11.4. The standard InChI is InChI=1S/C43H51FN8O6/c1-23(2)36(49-42(55)57-5)40(53)51-17-7-9-34(51)38-45-30-15-12-26(20-32(30)47-38)25-11-14-29(28(19-25)22-44)27-13-16-31-33(21-27)48-39(46-31)35-10-8-18-52(35)41(54)37(24(3)4)50-43(56)58-6/h11-16,19-21,23-24,34-37H,7-10,17-18,22H2,1-6H3,(H,45,47)(H,46,48)(H,49,55)(H,50,56)/t34-,35-,36-,37-/m0/s1. The number of H-pyrrole nitrogens is 2. The first-order valence-corrected chi connectivity index (χ1v) is 19.9. The SMILES string of the molecule is COC(=O)N[C@H](C(=O)N1CCC[C@H]1c1nc2ccc(-c3ccc(-c4ccc5nc([C@@H]6CCCN6C(=O)[C@@H](NC(=O)OC)C(C)C)[nH]c5c4)c(CF)c3)cc2[nH]1)C(C)C. The number of fused-ring (bicyclic) bond motifs is 2. The van der Waals surface area contributed by atoms with Gasteiger partial charge in [0.15, 0.2) is 0 Å². The number of hydrogen-bond acceptors (Lipinski definition) is 8. The Morgan fingerprint density at radius 2 is 1.16 bits per heavy atom. The fourth-order valence-electron chi connectivity index (χ4n) is 8.27. The van der Waals surface area contributed by atoms with Crippen molar-refractivity contribution in [2.45, 2.75) is 84.2 Å². The number of amides is 4. The van der Waals surface area contributed by atoms with Crippen molar-refractivity contribution in [3.63, 3.8) is 0 Å². The largest absolute Gasteiger partial charge is 0.453 e. The van der Waals surface area contributed by atoms with Crippen LogP contribution in [0.5, 0.6) is 0 Å². The fourth-order valence-corrected chi connectivity index (χ4v) is 8.27. The van der Waals surface area contributed by atoms with E-state index in [-0.39, 0.29) is 35.7 Å². The van der Waals surface area contributed by atoms with Crippen molar-refractivity contribution in [1.82, 2.24) is 40.4 Å². The van der Waals surface area contributed by atoms with Crippen LogP contribution in [0.4, 0.5) is 14.0 Å². The van der Waals surface area contributed by atoms with Crippen LogP contribution in [0, 0.1) is 11.8 Å². The monoisotopic (exact) mass is 794 g/mol. The second kappa shape index (κ2) is 16.9. The molecule has 2 aromatic heterocycles. The van der Waals surface area contributed by atoms with E-state index in [1.807, 2.05) is 82.3 Å². The lowest BCUT2D eigenvalue weighted by Crippen LogP contribution is -2.51. The Kier molecular flexibility index (Phi) is 11.7. The molecule has 4 N–H and O–H groups in total. The van der Waals surface area contributed by atoms with E-state index >= 15 is 0 Å². The van der Waals surface area contributed by atoms with Crippen molar-refractivity contribution in [3.8, 4) is 22.3 Å². The summed E-state index contributed by atoms with van der Waals surface area (Å²) in [5.41, 5.74) is 6.91. The molecule has 2 aliphatic heterocycles. The van der Waals surface area contributed by atoms with Crippen LogP contribution in [0.1, 0.15) is 82.7 Å². The number of ether oxygens (including phenoxy) is 2. The van der Waals surface area contributed by atoms with Gasteiger partial charge in [0.1, 0.15) is 30.4 Å². The number of likely N-dealkylation sites (tertiary alicyclic amines) is 2. The number of alkyl halides is 1. The van der Waals surface area contributed by atoms with E-state index in [1.54, 1.807) is 9.80 Å². The highest BCUT2D eigenvalue weighted by Gasteiger charge is 2.39. The Morgan fingerprint density at radius 1 is 0.707 bits per heavy atom. The van der Waals surface area contributed by atoms with E-state index in [0.717, 1.165) is 70.0 Å². The summed E-state index contributed by atoms with van der Waals surface area (Å²) in [6, 6.07) is 15.4. The van der Waals surface area contributed by atoms with Gasteiger partial charge in [0.25, 0.3) is 0 Å². The van der Waals surface area contributed by atoms with Gasteiger partial charge in [0.05, 0.1) is 48.4 Å². The highest BCUT2D eigenvalue weighted by atomic mass is 19.1. The number of carbonyl (C=O) groups is 4. The van der Waals surface area contributed by atoms with Crippen LogP contribution in [0.25, 0.3) is 44.3 Å². The van der Waals surface area contributed by atoms with E-state index in [2.05, 4.69) is 20.6 Å². The average Bonchev–Trinajstić information content (AvgIpc) is 4.05. The maximum atomic E-state index is 14.8. The van der Waals surface area contributed by atoms with Crippen molar-refractivity contribution in [1.29, 1.82) is 0 Å². The molecule has 4 heterocycles. The molecule has 5 aromatic rings. The molecule has 4 atom stereocenters. The molecule has 14 nitrogen and oxygen atoms in total. The van der Waals surface area contributed by atoms with Gasteiger partial charge < -0.3 is 39.9 Å². The van der Waals surface area contributed by atoms with Crippen LogP contribution in [0.3, 0.4) is 0 Å². The molecule has 0 bridgehead atoms. The summed E-state index contributed by atoms with van der Waals surface area (Å²) in [6.45, 7) is 7.97. The van der Waals surface area contributed by atoms with Crippen LogP contribution in [-0.2, 0) is 25.7 Å². The summed E-state index contributed by atoms with van der Waals surface area (Å²) in [5, 5.41) is 5.37. The Labute approximate surface area is 336 Å². The molecule has 0 spiro atoms. The predicted molar refractivity (Wildman–Crippen MR) is 217 cm³/mol. The van der Waals surface area contributed by atoms with Crippen molar-refractivity contribution >= 4 is 46.1 Å². The first-order valence-electron chi connectivity index (χ1n) is 19.9. The summed E-state index contributed by atoms with van der Waals surface area (Å²) in [7, 11) is 2.55. The summed E-state index contributed by atoms with van der Waals surface area (Å²) >= 11 is 0. The predicted octanol–water partition coefficient (Wildman–Crippen LogP) is 7.33. The second-order valence-corrected chi connectivity index (χ2v) is 15.8.